The third kappa shape index (κ3) is 6.08. The molecule has 3 aliphatic rings. The number of fused-ring (bicyclic) bond motifs is 1. The smallest absolute Gasteiger partial charge is 0.260 e. The lowest BCUT2D eigenvalue weighted by atomic mass is 10.0. The molecule has 1 amide bonds. The maximum absolute atomic E-state index is 14.1. The van der Waals surface area contributed by atoms with Gasteiger partial charge in [-0.15, -0.1) is 0 Å². The summed E-state index contributed by atoms with van der Waals surface area (Å²) in [5, 5.41) is 3.90. The molecule has 0 aliphatic carbocycles. The molecule has 0 bridgehead atoms. The number of benzene rings is 1. The minimum atomic E-state index is -0.292. The molecule has 11 heteroatoms. The SMILES string of the molecule is Cc1cc(C2=CN=CC2)ncc1-c1cc2cnc(Nc3ccc(OC4CCN(C)C4)cc3)nc2n(CC(=O)N2CCCC2)c1=O. The van der Waals surface area contributed by atoms with E-state index < -0.39 is 0 Å². The van der Waals surface area contributed by atoms with Crippen molar-refractivity contribution in [2.75, 3.05) is 38.5 Å². The van der Waals surface area contributed by atoms with Gasteiger partial charge in [0.25, 0.3) is 5.56 Å². The number of anilines is 2. The van der Waals surface area contributed by atoms with Gasteiger partial charge in [-0.05, 0) is 75.2 Å². The van der Waals surface area contributed by atoms with Crippen LogP contribution in [0, 0.1) is 6.92 Å². The van der Waals surface area contributed by atoms with E-state index in [1.54, 1.807) is 18.5 Å². The lowest BCUT2D eigenvalue weighted by molar-refractivity contribution is -0.130. The van der Waals surface area contributed by atoms with E-state index in [0.717, 1.165) is 67.0 Å². The van der Waals surface area contributed by atoms with Gasteiger partial charge in [-0.3, -0.25) is 24.1 Å². The Balaban J connectivity index is 1.21. The zero-order chi connectivity index (χ0) is 30.9. The van der Waals surface area contributed by atoms with Gasteiger partial charge in [0, 0.05) is 85.2 Å². The molecule has 7 rings (SSSR count). The number of nitrogens with zero attached hydrogens (tertiary/aromatic N) is 7. The lowest BCUT2D eigenvalue weighted by Crippen LogP contribution is -2.35. The number of aliphatic imine (C=N–C) groups is 1. The first-order chi connectivity index (χ1) is 21.9. The third-order valence-corrected chi connectivity index (χ3v) is 8.72. The minimum absolute atomic E-state index is 0.0939. The first-order valence-corrected chi connectivity index (χ1v) is 15.5. The summed E-state index contributed by atoms with van der Waals surface area (Å²) in [6, 6.07) is 11.5. The first kappa shape index (κ1) is 28.8. The zero-order valence-electron chi connectivity index (χ0n) is 25.6. The highest BCUT2D eigenvalue weighted by atomic mass is 16.5. The van der Waals surface area contributed by atoms with Gasteiger partial charge < -0.3 is 19.9 Å². The Morgan fingerprint density at radius 1 is 1.04 bits per heavy atom. The molecule has 1 unspecified atom stereocenters. The highest BCUT2D eigenvalue weighted by molar-refractivity contribution is 5.86. The normalized spacial score (nSPS) is 18.1. The largest absolute Gasteiger partial charge is 0.489 e. The van der Waals surface area contributed by atoms with Crippen molar-refractivity contribution in [2.45, 2.75) is 45.3 Å². The third-order valence-electron chi connectivity index (χ3n) is 8.72. The molecule has 0 spiro atoms. The van der Waals surface area contributed by atoms with Crippen LogP contribution in [0.4, 0.5) is 11.6 Å². The average Bonchev–Trinajstić information content (AvgIpc) is 3.84. The Labute approximate surface area is 261 Å². The summed E-state index contributed by atoms with van der Waals surface area (Å²) < 4.78 is 7.60. The fourth-order valence-corrected chi connectivity index (χ4v) is 6.22. The number of aromatic nitrogens is 4. The van der Waals surface area contributed by atoms with E-state index in [2.05, 4.69) is 32.2 Å². The monoisotopic (exact) mass is 604 g/mol. The number of rotatable bonds is 8. The van der Waals surface area contributed by atoms with Gasteiger partial charge in [0.15, 0.2) is 0 Å². The van der Waals surface area contributed by atoms with E-state index in [-0.39, 0.29) is 24.1 Å². The molecule has 11 nitrogen and oxygen atoms in total. The highest BCUT2D eigenvalue weighted by Gasteiger charge is 2.23. The summed E-state index contributed by atoms with van der Waals surface area (Å²) in [5.74, 6) is 1.05. The summed E-state index contributed by atoms with van der Waals surface area (Å²) in [6.07, 6.45) is 11.0. The molecule has 45 heavy (non-hydrogen) atoms. The molecule has 1 atom stereocenters. The second-order valence-corrected chi connectivity index (χ2v) is 12.0. The second-order valence-electron chi connectivity index (χ2n) is 12.0. The number of pyridine rings is 2. The van der Waals surface area contributed by atoms with Gasteiger partial charge in [0.2, 0.25) is 11.9 Å². The number of carbonyl (C=O) groups excluding carboxylic acids is 1. The Bertz CT molecular complexity index is 1880. The Kier molecular flexibility index (Phi) is 7.85. The number of allylic oxidation sites excluding steroid dienone is 1. The van der Waals surface area contributed by atoms with Crippen molar-refractivity contribution >= 4 is 40.4 Å². The number of nitrogens with one attached hydrogen (secondary N) is 1. The molecule has 6 heterocycles. The maximum atomic E-state index is 14.1. The molecule has 0 radical (unpaired) electrons. The molecule has 230 valence electrons. The Hall–Kier alpha value is -4.90. The molecule has 0 saturated carbocycles. The number of amides is 1. The number of ether oxygens (including phenoxy) is 1. The van der Waals surface area contributed by atoms with Gasteiger partial charge in [-0.1, -0.05) is 0 Å². The van der Waals surface area contributed by atoms with Crippen LogP contribution in [-0.2, 0) is 11.3 Å². The van der Waals surface area contributed by atoms with Crippen LogP contribution < -0.4 is 15.6 Å². The van der Waals surface area contributed by atoms with Gasteiger partial charge >= 0.3 is 0 Å². The zero-order valence-corrected chi connectivity index (χ0v) is 25.6. The number of carbonyl (C=O) groups is 1. The van der Waals surface area contributed by atoms with Gasteiger partial charge in [0.1, 0.15) is 24.0 Å². The summed E-state index contributed by atoms with van der Waals surface area (Å²) in [5.41, 5.74) is 4.84. The van der Waals surface area contributed by atoms with E-state index in [1.165, 1.54) is 4.57 Å². The Morgan fingerprint density at radius 3 is 2.58 bits per heavy atom. The molecule has 1 aromatic carbocycles. The summed E-state index contributed by atoms with van der Waals surface area (Å²) in [7, 11) is 2.10. The highest BCUT2D eigenvalue weighted by Crippen LogP contribution is 2.28. The summed E-state index contributed by atoms with van der Waals surface area (Å²) >= 11 is 0. The summed E-state index contributed by atoms with van der Waals surface area (Å²) in [6.45, 7) is 5.23. The number of hydrogen-bond donors (Lipinski definition) is 1. The van der Waals surface area contributed by atoms with Gasteiger partial charge in [-0.25, -0.2) is 4.98 Å². The number of aryl methyl sites for hydroxylation is 1. The van der Waals surface area contributed by atoms with E-state index in [0.29, 0.717) is 41.2 Å². The first-order valence-electron chi connectivity index (χ1n) is 15.5. The van der Waals surface area contributed by atoms with Crippen molar-refractivity contribution < 1.29 is 9.53 Å². The predicted molar refractivity (Wildman–Crippen MR) is 175 cm³/mol. The standard InChI is InChI=1S/C34H36N8O3/c1-22-15-30(23-9-11-35-17-23)36-19-29(22)28-16-24-18-37-34(38-25-5-7-26(8-6-25)45-27-10-14-40(2)20-27)39-32(24)42(33(28)44)21-31(43)41-12-3-4-13-41/h5-8,11,15-19,27H,3-4,9-10,12-14,20-21H2,1-2H3,(H,37,38,39). The van der Waals surface area contributed by atoms with Gasteiger partial charge in [0.05, 0.1) is 5.69 Å². The van der Waals surface area contributed by atoms with Crippen molar-refractivity contribution in [3.05, 3.63) is 76.6 Å². The predicted octanol–water partition coefficient (Wildman–Crippen LogP) is 4.43. The maximum Gasteiger partial charge on any atom is 0.260 e. The average molecular weight is 605 g/mol. The van der Waals surface area contributed by atoms with Crippen LogP contribution in [0.15, 0.2) is 64.8 Å². The van der Waals surface area contributed by atoms with Crippen molar-refractivity contribution in [1.82, 2.24) is 29.3 Å². The number of hydrogen-bond acceptors (Lipinski definition) is 9. The fourth-order valence-electron chi connectivity index (χ4n) is 6.22. The number of likely N-dealkylation sites (tertiary alicyclic amines) is 2. The van der Waals surface area contributed by atoms with Crippen LogP contribution in [0.2, 0.25) is 0 Å². The van der Waals surface area contributed by atoms with Gasteiger partial charge in [-0.2, -0.15) is 4.98 Å². The van der Waals surface area contributed by atoms with Crippen LogP contribution in [0.1, 0.15) is 36.9 Å². The Morgan fingerprint density at radius 2 is 1.87 bits per heavy atom. The minimum Gasteiger partial charge on any atom is -0.489 e. The quantitative estimate of drug-likeness (QED) is 0.314. The second kappa shape index (κ2) is 12.2. The van der Waals surface area contributed by atoms with E-state index >= 15 is 0 Å². The molecule has 3 aliphatic heterocycles. The number of likely N-dealkylation sites (N-methyl/N-ethyl adjacent to an activating group) is 1. The topological polar surface area (TPSA) is 118 Å². The van der Waals surface area contributed by atoms with Crippen LogP contribution in [-0.4, -0.2) is 80.8 Å². The summed E-state index contributed by atoms with van der Waals surface area (Å²) in [4.78, 5) is 49.7. The molecule has 4 aromatic rings. The molecule has 2 fully saturated rings. The molecular formula is C34H36N8O3. The fraction of sp³-hybridized carbons (Fsp3) is 0.353. The molecule has 1 N–H and O–H groups in total. The van der Waals surface area contributed by atoms with Crippen molar-refractivity contribution in [3.8, 4) is 16.9 Å². The van der Waals surface area contributed by atoms with Crippen molar-refractivity contribution in [3.63, 3.8) is 0 Å². The van der Waals surface area contributed by atoms with Crippen molar-refractivity contribution in [1.29, 1.82) is 0 Å². The van der Waals surface area contributed by atoms with E-state index in [1.807, 2.05) is 54.6 Å². The van der Waals surface area contributed by atoms with Crippen molar-refractivity contribution in [2.24, 2.45) is 4.99 Å². The van der Waals surface area contributed by atoms with Crippen LogP contribution in [0.25, 0.3) is 27.7 Å². The molecule has 3 aromatic heterocycles. The van der Waals surface area contributed by atoms with Crippen LogP contribution >= 0.6 is 0 Å². The van der Waals surface area contributed by atoms with E-state index in [4.69, 9.17) is 9.72 Å². The molecule has 2 saturated heterocycles. The van der Waals surface area contributed by atoms with E-state index in [9.17, 15) is 9.59 Å². The van der Waals surface area contributed by atoms with Crippen LogP contribution in [0.5, 0.6) is 5.75 Å². The molecular weight excluding hydrogens is 568 g/mol. The van der Waals surface area contributed by atoms with Crippen LogP contribution in [0.3, 0.4) is 0 Å². The lowest BCUT2D eigenvalue weighted by Gasteiger charge is -2.18.